The van der Waals surface area contributed by atoms with Gasteiger partial charge in [-0.1, -0.05) is 0 Å². The first-order chi connectivity index (χ1) is 6.79. The summed E-state index contributed by atoms with van der Waals surface area (Å²) < 4.78 is 5.39. The molecule has 0 N–H and O–H groups in total. The Hall–Kier alpha value is -0.570. The zero-order valence-electron chi connectivity index (χ0n) is 10.5. The van der Waals surface area contributed by atoms with Gasteiger partial charge in [0.25, 0.3) is 0 Å². The van der Waals surface area contributed by atoms with E-state index < -0.39 is 0 Å². The molecule has 3 nitrogen and oxygen atoms in total. The number of carbonyl (C=O) groups is 1. The van der Waals surface area contributed by atoms with Gasteiger partial charge >= 0.3 is 5.97 Å². The summed E-state index contributed by atoms with van der Waals surface area (Å²) in [4.78, 5) is 14.0. The quantitative estimate of drug-likeness (QED) is 0.658. The Morgan fingerprint density at radius 1 is 1.27 bits per heavy atom. The molecule has 0 bridgehead atoms. The molecule has 0 aromatic carbocycles. The van der Waals surface area contributed by atoms with E-state index in [4.69, 9.17) is 4.74 Å². The van der Waals surface area contributed by atoms with E-state index in [1.165, 1.54) is 0 Å². The lowest BCUT2D eigenvalue weighted by molar-refractivity contribution is -0.159. The fourth-order valence-electron chi connectivity index (χ4n) is 2.03. The second-order valence-corrected chi connectivity index (χ2v) is 5.66. The van der Waals surface area contributed by atoms with Crippen molar-refractivity contribution in [2.75, 3.05) is 14.1 Å². The van der Waals surface area contributed by atoms with Crippen molar-refractivity contribution in [3.63, 3.8) is 0 Å². The van der Waals surface area contributed by atoms with E-state index in [0.717, 1.165) is 19.3 Å². The summed E-state index contributed by atoms with van der Waals surface area (Å²) in [6.45, 7) is 5.76. The molecule has 1 aliphatic carbocycles. The van der Waals surface area contributed by atoms with Crippen LogP contribution in [0.25, 0.3) is 0 Å². The molecule has 88 valence electrons. The highest BCUT2D eigenvalue weighted by molar-refractivity contribution is 5.73. The average Bonchev–Trinajstić information content (AvgIpc) is 2.47. The number of carbonyl (C=O) groups excluding carboxylic acids is 1. The van der Waals surface area contributed by atoms with Crippen molar-refractivity contribution in [1.29, 1.82) is 0 Å². The van der Waals surface area contributed by atoms with Gasteiger partial charge < -0.3 is 9.64 Å². The van der Waals surface area contributed by atoms with Gasteiger partial charge in [-0.25, -0.2) is 0 Å². The van der Waals surface area contributed by atoms with Crippen molar-refractivity contribution < 1.29 is 9.53 Å². The third-order valence-corrected chi connectivity index (χ3v) is 2.88. The predicted octanol–water partition coefficient (Wildman–Crippen LogP) is 2.06. The molecule has 0 spiro atoms. The van der Waals surface area contributed by atoms with Gasteiger partial charge in [-0.3, -0.25) is 4.79 Å². The van der Waals surface area contributed by atoms with Crippen LogP contribution in [0.4, 0.5) is 0 Å². The first kappa shape index (κ1) is 12.5. The molecule has 0 heterocycles. The highest BCUT2D eigenvalue weighted by Gasteiger charge is 2.33. The van der Waals surface area contributed by atoms with Crippen LogP contribution >= 0.6 is 0 Å². The molecule has 0 radical (unpaired) electrons. The lowest BCUT2D eigenvalue weighted by Crippen LogP contribution is -2.29. The highest BCUT2D eigenvalue weighted by atomic mass is 16.6. The maximum absolute atomic E-state index is 11.8. The molecule has 0 saturated heterocycles. The minimum atomic E-state index is -0.354. The zero-order valence-corrected chi connectivity index (χ0v) is 10.5. The largest absolute Gasteiger partial charge is 0.460 e. The van der Waals surface area contributed by atoms with Crippen molar-refractivity contribution in [3.8, 4) is 0 Å². The Morgan fingerprint density at radius 3 is 2.27 bits per heavy atom. The van der Waals surface area contributed by atoms with Gasteiger partial charge in [0.15, 0.2) is 0 Å². The van der Waals surface area contributed by atoms with Gasteiger partial charge in [-0.05, 0) is 54.1 Å². The summed E-state index contributed by atoms with van der Waals surface area (Å²) in [5, 5.41) is 0. The standard InChI is InChI=1S/C12H23NO2/c1-12(2,3)15-11(14)9-6-7-10(8-9)13(4)5/h9-10H,6-8H2,1-5H3. The molecule has 1 aliphatic rings. The Bertz CT molecular complexity index is 230. The molecular formula is C12H23NO2. The topological polar surface area (TPSA) is 29.5 Å². The lowest BCUT2D eigenvalue weighted by atomic mass is 10.1. The molecule has 0 aliphatic heterocycles. The SMILES string of the molecule is CN(C)C1CCC(C(=O)OC(C)(C)C)C1. The van der Waals surface area contributed by atoms with E-state index in [2.05, 4.69) is 19.0 Å². The van der Waals surface area contributed by atoms with E-state index in [9.17, 15) is 4.79 Å². The van der Waals surface area contributed by atoms with Crippen LogP contribution in [0.5, 0.6) is 0 Å². The molecule has 0 aromatic heterocycles. The molecule has 0 amide bonds. The van der Waals surface area contributed by atoms with Crippen molar-refractivity contribution in [3.05, 3.63) is 0 Å². The number of esters is 1. The lowest BCUT2D eigenvalue weighted by Gasteiger charge is -2.23. The smallest absolute Gasteiger partial charge is 0.309 e. The van der Waals surface area contributed by atoms with Crippen molar-refractivity contribution >= 4 is 5.97 Å². The van der Waals surface area contributed by atoms with Gasteiger partial charge in [0.1, 0.15) is 5.60 Å². The van der Waals surface area contributed by atoms with Gasteiger partial charge in [0, 0.05) is 6.04 Å². The normalized spacial score (nSPS) is 27.1. The van der Waals surface area contributed by atoms with Crippen LogP contribution in [0.2, 0.25) is 0 Å². The Morgan fingerprint density at radius 2 is 1.87 bits per heavy atom. The van der Waals surface area contributed by atoms with Crippen LogP contribution in [0.1, 0.15) is 40.0 Å². The summed E-state index contributed by atoms with van der Waals surface area (Å²) in [5.74, 6) is 0.0866. The van der Waals surface area contributed by atoms with Crippen LogP contribution in [-0.2, 0) is 9.53 Å². The Balaban J connectivity index is 2.44. The molecule has 1 rings (SSSR count). The molecule has 2 atom stereocenters. The number of nitrogens with zero attached hydrogens (tertiary/aromatic N) is 1. The third-order valence-electron chi connectivity index (χ3n) is 2.88. The van der Waals surface area contributed by atoms with Crippen LogP contribution in [0.15, 0.2) is 0 Å². The summed E-state index contributed by atoms with van der Waals surface area (Å²) in [6, 6.07) is 0.544. The third kappa shape index (κ3) is 3.82. The molecule has 1 saturated carbocycles. The molecule has 3 heteroatoms. The maximum Gasteiger partial charge on any atom is 0.309 e. The van der Waals surface area contributed by atoms with Gasteiger partial charge in [0.05, 0.1) is 5.92 Å². The number of hydrogen-bond acceptors (Lipinski definition) is 3. The van der Waals surface area contributed by atoms with E-state index in [-0.39, 0.29) is 17.5 Å². The van der Waals surface area contributed by atoms with E-state index >= 15 is 0 Å². The monoisotopic (exact) mass is 213 g/mol. The van der Waals surface area contributed by atoms with Gasteiger partial charge in [-0.2, -0.15) is 0 Å². The summed E-state index contributed by atoms with van der Waals surface area (Å²) >= 11 is 0. The van der Waals surface area contributed by atoms with Crippen LogP contribution in [0.3, 0.4) is 0 Å². The minimum absolute atomic E-state index is 0.0214. The second kappa shape index (κ2) is 4.52. The van der Waals surface area contributed by atoms with Gasteiger partial charge in [0.2, 0.25) is 0 Å². The van der Waals surface area contributed by atoms with Crippen LogP contribution < -0.4 is 0 Å². The summed E-state index contributed by atoms with van der Waals surface area (Å²) in [5.41, 5.74) is -0.354. The van der Waals surface area contributed by atoms with Gasteiger partial charge in [-0.15, -0.1) is 0 Å². The first-order valence-electron chi connectivity index (χ1n) is 5.69. The molecule has 1 fully saturated rings. The Labute approximate surface area is 92.8 Å². The van der Waals surface area contributed by atoms with Crippen LogP contribution in [-0.4, -0.2) is 36.6 Å². The molecule has 15 heavy (non-hydrogen) atoms. The molecular weight excluding hydrogens is 190 g/mol. The van der Waals surface area contributed by atoms with E-state index in [1.54, 1.807) is 0 Å². The number of hydrogen-bond donors (Lipinski definition) is 0. The number of ether oxygens (including phenoxy) is 1. The zero-order chi connectivity index (χ0) is 11.6. The van der Waals surface area contributed by atoms with Crippen LogP contribution in [0, 0.1) is 5.92 Å². The minimum Gasteiger partial charge on any atom is -0.460 e. The van der Waals surface area contributed by atoms with Crippen molar-refractivity contribution in [2.45, 2.75) is 51.7 Å². The van der Waals surface area contributed by atoms with Crippen molar-refractivity contribution in [1.82, 2.24) is 4.90 Å². The fourth-order valence-corrected chi connectivity index (χ4v) is 2.03. The van der Waals surface area contributed by atoms with E-state index in [0.29, 0.717) is 6.04 Å². The first-order valence-corrected chi connectivity index (χ1v) is 5.69. The maximum atomic E-state index is 11.8. The Kier molecular flexibility index (Phi) is 3.77. The van der Waals surface area contributed by atoms with Crippen molar-refractivity contribution in [2.24, 2.45) is 5.92 Å². The second-order valence-electron chi connectivity index (χ2n) is 5.66. The summed E-state index contributed by atoms with van der Waals surface area (Å²) in [6.07, 6.45) is 3.02. The fraction of sp³-hybridized carbons (Fsp3) is 0.917. The average molecular weight is 213 g/mol. The molecule has 0 aromatic rings. The summed E-state index contributed by atoms with van der Waals surface area (Å²) in [7, 11) is 4.14. The predicted molar refractivity (Wildman–Crippen MR) is 60.7 cm³/mol. The van der Waals surface area contributed by atoms with E-state index in [1.807, 2.05) is 20.8 Å². The number of rotatable bonds is 2. The molecule has 2 unspecified atom stereocenters. The highest BCUT2D eigenvalue weighted by Crippen LogP contribution is 2.30.